The van der Waals surface area contributed by atoms with Gasteiger partial charge in [-0.05, 0) is 17.5 Å². The van der Waals surface area contributed by atoms with Crippen molar-refractivity contribution in [3.63, 3.8) is 0 Å². The average molecular weight is 256 g/mol. The number of nitrogens with zero attached hydrogens (tertiary/aromatic N) is 3. The fraction of sp³-hybridized carbons (Fsp3) is 0.400. The minimum absolute atomic E-state index is 0.160. The van der Waals surface area contributed by atoms with E-state index in [-0.39, 0.29) is 5.41 Å². The molecule has 1 heterocycles. The van der Waals surface area contributed by atoms with Crippen LogP contribution in [-0.2, 0) is 11.8 Å². The predicted molar refractivity (Wildman–Crippen MR) is 76.7 cm³/mol. The molecule has 2 N–H and O–H groups in total. The van der Waals surface area contributed by atoms with Gasteiger partial charge in [-0.15, -0.1) is 10.2 Å². The summed E-state index contributed by atoms with van der Waals surface area (Å²) < 4.78 is 0. The Morgan fingerprint density at radius 2 is 1.74 bits per heavy atom. The van der Waals surface area contributed by atoms with E-state index in [2.05, 4.69) is 60.2 Å². The highest BCUT2D eigenvalue weighted by Gasteiger charge is 2.13. The highest BCUT2D eigenvalue weighted by molar-refractivity contribution is 5.58. The second-order valence-electron chi connectivity index (χ2n) is 5.63. The molecule has 0 spiro atoms. The predicted octanol–water partition coefficient (Wildman–Crippen LogP) is 2.34. The Balaban J connectivity index is 2.22. The molecular weight excluding hydrogens is 236 g/mol. The Kier molecular flexibility index (Phi) is 3.90. The second-order valence-corrected chi connectivity index (χ2v) is 5.63. The third-order valence-corrected chi connectivity index (χ3v) is 3.02. The Morgan fingerprint density at radius 3 is 2.21 bits per heavy atom. The van der Waals surface area contributed by atoms with Crippen molar-refractivity contribution in [2.75, 3.05) is 6.54 Å². The van der Waals surface area contributed by atoms with Crippen molar-refractivity contribution in [1.82, 2.24) is 15.2 Å². The van der Waals surface area contributed by atoms with Gasteiger partial charge in [0, 0.05) is 12.0 Å². The van der Waals surface area contributed by atoms with Crippen LogP contribution in [0.5, 0.6) is 0 Å². The molecule has 4 nitrogen and oxygen atoms in total. The van der Waals surface area contributed by atoms with E-state index in [9.17, 15) is 0 Å². The zero-order valence-electron chi connectivity index (χ0n) is 11.7. The summed E-state index contributed by atoms with van der Waals surface area (Å²) in [5.74, 6) is 0.692. The molecule has 0 aliphatic carbocycles. The molecule has 0 amide bonds. The zero-order valence-corrected chi connectivity index (χ0v) is 11.7. The number of benzene rings is 1. The Hall–Kier alpha value is -1.81. The van der Waals surface area contributed by atoms with Gasteiger partial charge >= 0.3 is 0 Å². The second kappa shape index (κ2) is 5.45. The maximum atomic E-state index is 5.46. The van der Waals surface area contributed by atoms with Crippen LogP contribution in [-0.4, -0.2) is 21.7 Å². The minimum Gasteiger partial charge on any atom is -0.330 e. The lowest BCUT2D eigenvalue weighted by molar-refractivity contribution is 0.590. The third kappa shape index (κ3) is 3.35. The summed E-state index contributed by atoms with van der Waals surface area (Å²) in [4.78, 5) is 4.26. The van der Waals surface area contributed by atoms with Crippen molar-refractivity contribution in [3.05, 3.63) is 41.9 Å². The van der Waals surface area contributed by atoms with E-state index < -0.39 is 0 Å². The molecule has 0 aliphatic heterocycles. The van der Waals surface area contributed by atoms with Gasteiger partial charge in [-0.25, -0.2) is 4.98 Å². The summed E-state index contributed by atoms with van der Waals surface area (Å²) in [5.41, 5.74) is 8.75. The molecule has 1 aromatic heterocycles. The maximum absolute atomic E-state index is 5.46. The van der Waals surface area contributed by atoms with Gasteiger partial charge in [0.1, 0.15) is 5.69 Å². The third-order valence-electron chi connectivity index (χ3n) is 3.02. The molecular formula is C15H20N4. The van der Waals surface area contributed by atoms with Crippen LogP contribution in [0.1, 0.15) is 32.2 Å². The van der Waals surface area contributed by atoms with Gasteiger partial charge in [0.05, 0.1) is 6.20 Å². The van der Waals surface area contributed by atoms with E-state index in [4.69, 9.17) is 5.73 Å². The highest BCUT2D eigenvalue weighted by atomic mass is 15.2. The fourth-order valence-electron chi connectivity index (χ4n) is 1.82. The average Bonchev–Trinajstić information content (AvgIpc) is 2.39. The first kappa shape index (κ1) is 13.6. The van der Waals surface area contributed by atoms with Gasteiger partial charge in [-0.2, -0.15) is 0 Å². The van der Waals surface area contributed by atoms with E-state index in [0.29, 0.717) is 18.8 Å². The van der Waals surface area contributed by atoms with Crippen LogP contribution in [0, 0.1) is 0 Å². The first-order chi connectivity index (χ1) is 9.00. The molecule has 0 saturated heterocycles. The molecule has 1 aromatic carbocycles. The van der Waals surface area contributed by atoms with E-state index in [0.717, 1.165) is 11.3 Å². The fourth-order valence-corrected chi connectivity index (χ4v) is 1.82. The molecule has 100 valence electrons. The first-order valence-electron chi connectivity index (χ1n) is 6.50. The number of nitrogens with two attached hydrogens (primary N) is 1. The van der Waals surface area contributed by atoms with Crippen LogP contribution >= 0.6 is 0 Å². The van der Waals surface area contributed by atoms with Crippen molar-refractivity contribution >= 4 is 0 Å². The van der Waals surface area contributed by atoms with Gasteiger partial charge in [-0.3, -0.25) is 0 Å². The van der Waals surface area contributed by atoms with Crippen molar-refractivity contribution in [2.24, 2.45) is 5.73 Å². The molecule has 0 bridgehead atoms. The van der Waals surface area contributed by atoms with Crippen LogP contribution in [0.2, 0.25) is 0 Å². The molecule has 2 rings (SSSR count). The van der Waals surface area contributed by atoms with Gasteiger partial charge in [0.15, 0.2) is 5.82 Å². The normalized spacial score (nSPS) is 11.6. The summed E-state index contributed by atoms with van der Waals surface area (Å²) in [5, 5.41) is 8.27. The Labute approximate surface area is 114 Å². The smallest absolute Gasteiger partial charge is 0.152 e. The summed E-state index contributed by atoms with van der Waals surface area (Å²) in [7, 11) is 0. The topological polar surface area (TPSA) is 64.7 Å². The Morgan fingerprint density at radius 1 is 1.05 bits per heavy atom. The summed E-state index contributed by atoms with van der Waals surface area (Å²) in [6.07, 6.45) is 2.42. The van der Waals surface area contributed by atoms with E-state index >= 15 is 0 Å². The van der Waals surface area contributed by atoms with Gasteiger partial charge in [-0.1, -0.05) is 45.0 Å². The maximum Gasteiger partial charge on any atom is 0.152 e. The molecule has 0 radical (unpaired) electrons. The molecule has 4 heteroatoms. The van der Waals surface area contributed by atoms with Crippen molar-refractivity contribution in [1.29, 1.82) is 0 Å². The van der Waals surface area contributed by atoms with Crippen molar-refractivity contribution < 1.29 is 0 Å². The SMILES string of the molecule is CC(C)(C)c1ccc(-c2cnc(CCN)nn2)cc1. The largest absolute Gasteiger partial charge is 0.330 e. The van der Waals surface area contributed by atoms with Crippen LogP contribution in [0.3, 0.4) is 0 Å². The first-order valence-corrected chi connectivity index (χ1v) is 6.50. The van der Waals surface area contributed by atoms with Crippen molar-refractivity contribution in [3.8, 4) is 11.3 Å². The van der Waals surface area contributed by atoms with Crippen molar-refractivity contribution in [2.45, 2.75) is 32.6 Å². The van der Waals surface area contributed by atoms with Gasteiger partial charge in [0.25, 0.3) is 0 Å². The number of aromatic nitrogens is 3. The number of rotatable bonds is 3. The summed E-state index contributed by atoms with van der Waals surface area (Å²) in [6.45, 7) is 7.14. The van der Waals surface area contributed by atoms with E-state index in [1.54, 1.807) is 6.20 Å². The monoisotopic (exact) mass is 256 g/mol. The van der Waals surface area contributed by atoms with Gasteiger partial charge in [0.2, 0.25) is 0 Å². The molecule has 2 aromatic rings. The highest BCUT2D eigenvalue weighted by Crippen LogP contribution is 2.24. The molecule has 0 aliphatic rings. The summed E-state index contributed by atoms with van der Waals surface area (Å²) in [6, 6.07) is 8.39. The molecule has 0 unspecified atom stereocenters. The zero-order chi connectivity index (χ0) is 13.9. The molecule has 0 atom stereocenters. The minimum atomic E-state index is 0.160. The molecule has 0 saturated carbocycles. The quantitative estimate of drug-likeness (QED) is 0.915. The Bertz CT molecular complexity index is 524. The lowest BCUT2D eigenvalue weighted by Crippen LogP contribution is -2.10. The van der Waals surface area contributed by atoms with E-state index in [1.165, 1.54) is 5.56 Å². The van der Waals surface area contributed by atoms with Crippen LogP contribution in [0.25, 0.3) is 11.3 Å². The standard InChI is InChI=1S/C15H20N4/c1-15(2,3)12-6-4-11(5-7-12)13-10-17-14(8-9-16)19-18-13/h4-7,10H,8-9,16H2,1-3H3. The van der Waals surface area contributed by atoms with Crippen LogP contribution < -0.4 is 5.73 Å². The number of hydrogen-bond acceptors (Lipinski definition) is 4. The lowest BCUT2D eigenvalue weighted by Gasteiger charge is -2.18. The van der Waals surface area contributed by atoms with E-state index in [1.807, 2.05) is 0 Å². The van der Waals surface area contributed by atoms with Crippen LogP contribution in [0.4, 0.5) is 0 Å². The van der Waals surface area contributed by atoms with Gasteiger partial charge < -0.3 is 5.73 Å². The lowest BCUT2D eigenvalue weighted by atomic mass is 9.86. The molecule has 0 fully saturated rings. The summed E-state index contributed by atoms with van der Waals surface area (Å²) >= 11 is 0. The molecule has 19 heavy (non-hydrogen) atoms. The number of hydrogen-bond donors (Lipinski definition) is 1. The van der Waals surface area contributed by atoms with Crippen LogP contribution in [0.15, 0.2) is 30.5 Å².